The van der Waals surface area contributed by atoms with E-state index in [1.807, 2.05) is 0 Å². The van der Waals surface area contributed by atoms with E-state index in [9.17, 15) is 0 Å². The van der Waals surface area contributed by atoms with Crippen molar-refractivity contribution in [1.82, 2.24) is 15.1 Å². The minimum Gasteiger partial charge on any atom is -0.311 e. The van der Waals surface area contributed by atoms with Crippen LogP contribution in [0.25, 0.3) is 0 Å². The van der Waals surface area contributed by atoms with Crippen LogP contribution in [-0.4, -0.2) is 62.7 Å². The Morgan fingerprint density at radius 3 is 2.57 bits per heavy atom. The average molecular weight is 218 g/mol. The lowest BCUT2D eigenvalue weighted by Gasteiger charge is -2.32. The van der Waals surface area contributed by atoms with Crippen molar-refractivity contribution in [3.63, 3.8) is 0 Å². The van der Waals surface area contributed by atoms with Gasteiger partial charge in [-0.25, -0.2) is 0 Å². The number of nitrogens with one attached hydrogen (secondary N) is 1. The molecule has 1 heterocycles. The van der Waals surface area contributed by atoms with Gasteiger partial charge in [-0.15, -0.1) is 0 Å². The second kappa shape index (κ2) is 6.40. The van der Waals surface area contributed by atoms with Gasteiger partial charge in [0.1, 0.15) is 0 Å². The maximum atomic E-state index is 5.64. The first kappa shape index (κ1) is 12.0. The summed E-state index contributed by atoms with van der Waals surface area (Å²) in [5, 5.41) is 3.94. The molecule has 0 aliphatic carbocycles. The molecular formula is C10H20ClN3. The lowest BCUT2D eigenvalue weighted by Crippen LogP contribution is -2.46. The molecule has 3 nitrogen and oxygen atoms in total. The first-order valence-electron chi connectivity index (χ1n) is 5.13. The topological polar surface area (TPSA) is 18.5 Å². The molecule has 0 saturated carbocycles. The second-order valence-corrected chi connectivity index (χ2v) is 4.37. The van der Waals surface area contributed by atoms with Crippen LogP contribution in [0.1, 0.15) is 0 Å². The van der Waals surface area contributed by atoms with Crippen molar-refractivity contribution in [1.29, 1.82) is 0 Å². The molecule has 1 fully saturated rings. The lowest BCUT2D eigenvalue weighted by molar-refractivity contribution is 0.155. The van der Waals surface area contributed by atoms with E-state index in [1.165, 1.54) is 26.2 Å². The van der Waals surface area contributed by atoms with Crippen LogP contribution in [0.5, 0.6) is 0 Å². The van der Waals surface area contributed by atoms with Gasteiger partial charge in [-0.1, -0.05) is 18.2 Å². The molecule has 14 heavy (non-hydrogen) atoms. The van der Waals surface area contributed by atoms with Crippen LogP contribution in [0, 0.1) is 0 Å². The third-order valence-electron chi connectivity index (χ3n) is 2.52. The van der Waals surface area contributed by atoms with Crippen LogP contribution < -0.4 is 5.32 Å². The molecule has 0 radical (unpaired) electrons. The number of likely N-dealkylation sites (N-methyl/N-ethyl adjacent to an activating group) is 1. The van der Waals surface area contributed by atoms with Gasteiger partial charge in [0.25, 0.3) is 0 Å². The fourth-order valence-corrected chi connectivity index (χ4v) is 1.63. The van der Waals surface area contributed by atoms with Gasteiger partial charge < -0.3 is 10.2 Å². The molecular weight excluding hydrogens is 198 g/mol. The zero-order valence-electron chi connectivity index (χ0n) is 8.93. The summed E-state index contributed by atoms with van der Waals surface area (Å²) in [5.41, 5.74) is 0. The molecule has 1 aliphatic heterocycles. The quantitative estimate of drug-likeness (QED) is 0.680. The van der Waals surface area contributed by atoms with Gasteiger partial charge >= 0.3 is 0 Å². The Kier molecular flexibility index (Phi) is 5.48. The van der Waals surface area contributed by atoms with Gasteiger partial charge in [0.2, 0.25) is 0 Å². The first-order chi connectivity index (χ1) is 6.68. The number of nitrogens with zero attached hydrogens (tertiary/aromatic N) is 2. The maximum Gasteiger partial charge on any atom is 0.0307 e. The minimum atomic E-state index is 0.684. The molecule has 82 valence electrons. The third-order valence-corrected chi connectivity index (χ3v) is 2.65. The molecule has 0 aromatic rings. The van der Waals surface area contributed by atoms with Crippen molar-refractivity contribution >= 4 is 11.6 Å². The van der Waals surface area contributed by atoms with Crippen LogP contribution in [0.3, 0.4) is 0 Å². The predicted octanol–water partition coefficient (Wildman–Crippen LogP) is 0.576. The zero-order chi connectivity index (χ0) is 10.4. The van der Waals surface area contributed by atoms with E-state index in [-0.39, 0.29) is 0 Å². The van der Waals surface area contributed by atoms with Crippen molar-refractivity contribution in [2.24, 2.45) is 0 Å². The predicted molar refractivity (Wildman–Crippen MR) is 61.8 cm³/mol. The number of rotatable bonds is 5. The summed E-state index contributed by atoms with van der Waals surface area (Å²) in [6.07, 6.45) is 0. The van der Waals surface area contributed by atoms with Gasteiger partial charge in [0.05, 0.1) is 0 Å². The molecule has 1 rings (SSSR count). The summed E-state index contributed by atoms with van der Waals surface area (Å²) in [6, 6.07) is 0. The Morgan fingerprint density at radius 2 is 2.00 bits per heavy atom. The molecule has 1 saturated heterocycles. The van der Waals surface area contributed by atoms with Crippen LogP contribution in [0.4, 0.5) is 0 Å². The van der Waals surface area contributed by atoms with Gasteiger partial charge in [-0.3, -0.25) is 4.90 Å². The fraction of sp³-hybridized carbons (Fsp3) is 0.800. The minimum absolute atomic E-state index is 0.684. The van der Waals surface area contributed by atoms with E-state index in [0.717, 1.165) is 19.6 Å². The molecule has 0 spiro atoms. The number of hydrogen-bond donors (Lipinski definition) is 1. The first-order valence-corrected chi connectivity index (χ1v) is 5.51. The fourth-order valence-electron chi connectivity index (χ4n) is 1.53. The summed E-state index contributed by atoms with van der Waals surface area (Å²) in [6.45, 7) is 11.2. The van der Waals surface area contributed by atoms with Gasteiger partial charge in [-0.2, -0.15) is 0 Å². The highest BCUT2D eigenvalue weighted by atomic mass is 35.5. The molecule has 0 aromatic heterocycles. The van der Waals surface area contributed by atoms with Crippen LogP contribution in [0.15, 0.2) is 11.6 Å². The Morgan fingerprint density at radius 1 is 1.36 bits per heavy atom. The van der Waals surface area contributed by atoms with E-state index in [0.29, 0.717) is 5.03 Å². The van der Waals surface area contributed by atoms with Crippen LogP contribution in [0.2, 0.25) is 0 Å². The van der Waals surface area contributed by atoms with E-state index in [1.54, 1.807) is 0 Å². The molecule has 0 bridgehead atoms. The number of piperazine rings is 1. The van der Waals surface area contributed by atoms with E-state index < -0.39 is 0 Å². The zero-order valence-corrected chi connectivity index (χ0v) is 9.69. The van der Waals surface area contributed by atoms with E-state index >= 15 is 0 Å². The Balaban J connectivity index is 1.99. The molecule has 0 atom stereocenters. The standard InChI is InChI=1S/C10H20ClN3/c1-10(11)9-12-3-4-14-7-5-13(2)6-8-14/h12H,1,3-9H2,2H3. The van der Waals surface area contributed by atoms with Gasteiger partial charge in [-0.05, 0) is 7.05 Å². The monoisotopic (exact) mass is 217 g/mol. The van der Waals surface area contributed by atoms with Crippen molar-refractivity contribution in [2.75, 3.05) is 52.9 Å². The molecule has 0 unspecified atom stereocenters. The van der Waals surface area contributed by atoms with E-state index in [2.05, 4.69) is 28.7 Å². The largest absolute Gasteiger partial charge is 0.311 e. The molecule has 0 aromatic carbocycles. The highest BCUT2D eigenvalue weighted by Gasteiger charge is 2.12. The summed E-state index contributed by atoms with van der Waals surface area (Å²) < 4.78 is 0. The second-order valence-electron chi connectivity index (χ2n) is 3.84. The maximum absolute atomic E-state index is 5.64. The Labute approximate surface area is 91.7 Å². The number of halogens is 1. The van der Waals surface area contributed by atoms with E-state index in [4.69, 9.17) is 11.6 Å². The Bertz CT molecular complexity index is 176. The molecule has 1 N–H and O–H groups in total. The van der Waals surface area contributed by atoms with Crippen molar-refractivity contribution in [3.8, 4) is 0 Å². The summed E-state index contributed by atoms with van der Waals surface area (Å²) in [5.74, 6) is 0. The van der Waals surface area contributed by atoms with Gasteiger partial charge in [0.15, 0.2) is 0 Å². The van der Waals surface area contributed by atoms with Crippen LogP contribution in [-0.2, 0) is 0 Å². The summed E-state index contributed by atoms with van der Waals surface area (Å²) in [4.78, 5) is 4.84. The average Bonchev–Trinajstić information content (AvgIpc) is 2.15. The summed E-state index contributed by atoms with van der Waals surface area (Å²) in [7, 11) is 2.17. The van der Waals surface area contributed by atoms with Gasteiger partial charge in [0, 0.05) is 50.8 Å². The molecule has 4 heteroatoms. The normalized spacial score (nSPS) is 19.9. The van der Waals surface area contributed by atoms with Crippen molar-refractivity contribution < 1.29 is 0 Å². The third kappa shape index (κ3) is 4.96. The van der Waals surface area contributed by atoms with Crippen LogP contribution >= 0.6 is 11.6 Å². The SMILES string of the molecule is C=C(Cl)CNCCN1CCN(C)CC1. The highest BCUT2D eigenvalue weighted by molar-refractivity contribution is 6.29. The summed E-state index contributed by atoms with van der Waals surface area (Å²) >= 11 is 5.64. The smallest absolute Gasteiger partial charge is 0.0307 e. The Hall–Kier alpha value is -0.0900. The highest BCUT2D eigenvalue weighted by Crippen LogP contribution is 1.97. The van der Waals surface area contributed by atoms with Crippen molar-refractivity contribution in [3.05, 3.63) is 11.6 Å². The molecule has 1 aliphatic rings. The van der Waals surface area contributed by atoms with Crippen molar-refractivity contribution in [2.45, 2.75) is 0 Å². The number of hydrogen-bond acceptors (Lipinski definition) is 3. The lowest BCUT2D eigenvalue weighted by atomic mass is 10.3. The molecule has 0 amide bonds.